The molecule has 2 heteroatoms. The summed E-state index contributed by atoms with van der Waals surface area (Å²) in [7, 11) is 0. The van der Waals surface area contributed by atoms with Gasteiger partial charge >= 0.3 is 0 Å². The van der Waals surface area contributed by atoms with Crippen molar-refractivity contribution < 1.29 is 0 Å². The zero-order valence-corrected chi connectivity index (χ0v) is 9.79. The number of rotatable bonds is 1. The highest BCUT2D eigenvalue weighted by atomic mass is 15.2. The molecule has 2 aliphatic rings. The smallest absolute Gasteiger partial charge is 0.0252 e. The first kappa shape index (κ1) is 10.4. The van der Waals surface area contributed by atoms with E-state index in [-0.39, 0.29) is 0 Å². The Bertz CT molecular complexity index is 212. The minimum atomic E-state index is 0.358. The van der Waals surface area contributed by atoms with Crippen molar-refractivity contribution in [2.45, 2.75) is 52.1 Å². The van der Waals surface area contributed by atoms with E-state index in [1.54, 1.807) is 0 Å². The molecule has 0 spiro atoms. The zero-order valence-electron chi connectivity index (χ0n) is 9.79. The largest absolute Gasteiger partial charge is 0.326 e. The number of hydrogen-bond donors (Lipinski definition) is 1. The molecule has 2 N–H and O–H groups in total. The van der Waals surface area contributed by atoms with Gasteiger partial charge in [-0.1, -0.05) is 20.8 Å². The average Bonchev–Trinajstić information content (AvgIpc) is 2.60. The van der Waals surface area contributed by atoms with Crippen molar-refractivity contribution in [2.24, 2.45) is 17.1 Å². The van der Waals surface area contributed by atoms with Gasteiger partial charge in [-0.05, 0) is 37.1 Å². The summed E-state index contributed by atoms with van der Waals surface area (Å²) in [5.41, 5.74) is 6.70. The van der Waals surface area contributed by atoms with Crippen LogP contribution in [-0.4, -0.2) is 30.1 Å². The van der Waals surface area contributed by atoms with Crippen molar-refractivity contribution in [2.75, 3.05) is 13.1 Å². The van der Waals surface area contributed by atoms with Crippen molar-refractivity contribution in [1.82, 2.24) is 4.90 Å². The minimum absolute atomic E-state index is 0.358. The Hall–Kier alpha value is -0.0800. The number of nitrogens with zero attached hydrogens (tertiary/aromatic N) is 1. The van der Waals surface area contributed by atoms with Crippen LogP contribution in [0.15, 0.2) is 0 Å². The van der Waals surface area contributed by atoms with Crippen LogP contribution >= 0.6 is 0 Å². The normalized spacial score (nSPS) is 43.3. The maximum atomic E-state index is 6.34. The first-order chi connectivity index (χ1) is 6.50. The van der Waals surface area contributed by atoms with Gasteiger partial charge in [-0.2, -0.15) is 0 Å². The van der Waals surface area contributed by atoms with Crippen molar-refractivity contribution in [3.05, 3.63) is 0 Å². The molecule has 0 radical (unpaired) electrons. The van der Waals surface area contributed by atoms with E-state index in [4.69, 9.17) is 5.73 Å². The summed E-state index contributed by atoms with van der Waals surface area (Å²) in [6.07, 6.45) is 3.97. The summed E-state index contributed by atoms with van der Waals surface area (Å²) < 4.78 is 0. The Morgan fingerprint density at radius 2 is 2.00 bits per heavy atom. The topological polar surface area (TPSA) is 29.3 Å². The number of likely N-dealkylation sites (tertiary alicyclic amines) is 1. The lowest BCUT2D eigenvalue weighted by atomic mass is 9.87. The second-order valence-corrected chi connectivity index (χ2v) is 6.01. The van der Waals surface area contributed by atoms with Gasteiger partial charge in [-0.15, -0.1) is 0 Å². The quantitative estimate of drug-likeness (QED) is 0.693. The Labute approximate surface area is 87.8 Å². The summed E-state index contributed by atoms with van der Waals surface area (Å²) in [5.74, 6) is 0.880. The monoisotopic (exact) mass is 196 g/mol. The second kappa shape index (κ2) is 3.49. The molecular weight excluding hydrogens is 172 g/mol. The van der Waals surface area contributed by atoms with Crippen molar-refractivity contribution in [3.63, 3.8) is 0 Å². The van der Waals surface area contributed by atoms with Crippen LogP contribution in [0.5, 0.6) is 0 Å². The predicted molar refractivity (Wildman–Crippen MR) is 60.1 cm³/mol. The SMILES string of the molecule is CC1CCN(C2CCC(C)(C)C2N)C1. The molecule has 2 nitrogen and oxygen atoms in total. The first-order valence-corrected chi connectivity index (χ1v) is 6.00. The third-order valence-corrected chi connectivity index (χ3v) is 4.33. The lowest BCUT2D eigenvalue weighted by Gasteiger charge is -2.32. The Balaban J connectivity index is 2.00. The highest BCUT2D eigenvalue weighted by Gasteiger charge is 2.43. The van der Waals surface area contributed by atoms with E-state index >= 15 is 0 Å². The summed E-state index contributed by atoms with van der Waals surface area (Å²) in [5, 5.41) is 0. The standard InChI is InChI=1S/C12H24N2/c1-9-5-7-14(8-9)10-4-6-12(2,3)11(10)13/h9-11H,4-8,13H2,1-3H3. The van der Waals surface area contributed by atoms with Crippen LogP contribution in [0.25, 0.3) is 0 Å². The molecule has 3 atom stereocenters. The Morgan fingerprint density at radius 3 is 2.43 bits per heavy atom. The van der Waals surface area contributed by atoms with Gasteiger partial charge in [0.15, 0.2) is 0 Å². The lowest BCUT2D eigenvalue weighted by Crippen LogP contribution is -2.48. The van der Waals surface area contributed by atoms with E-state index in [1.165, 1.54) is 32.4 Å². The molecule has 0 aromatic heterocycles. The summed E-state index contributed by atoms with van der Waals surface area (Å²) in [6, 6.07) is 1.04. The molecule has 1 aliphatic heterocycles. The van der Waals surface area contributed by atoms with Crippen molar-refractivity contribution >= 4 is 0 Å². The van der Waals surface area contributed by atoms with Gasteiger partial charge < -0.3 is 5.73 Å². The van der Waals surface area contributed by atoms with Gasteiger partial charge in [0.2, 0.25) is 0 Å². The summed E-state index contributed by atoms with van der Waals surface area (Å²) >= 11 is 0. The van der Waals surface area contributed by atoms with Gasteiger partial charge in [0.1, 0.15) is 0 Å². The fourth-order valence-corrected chi connectivity index (χ4v) is 3.07. The van der Waals surface area contributed by atoms with Crippen LogP contribution in [-0.2, 0) is 0 Å². The molecular formula is C12H24N2. The molecule has 0 bridgehead atoms. The molecule has 1 saturated carbocycles. The summed E-state index contributed by atoms with van der Waals surface area (Å²) in [6.45, 7) is 9.53. The third kappa shape index (κ3) is 1.70. The van der Waals surface area contributed by atoms with Crippen LogP contribution in [0.2, 0.25) is 0 Å². The molecule has 1 saturated heterocycles. The maximum Gasteiger partial charge on any atom is 0.0252 e. The van der Waals surface area contributed by atoms with Crippen molar-refractivity contribution in [3.8, 4) is 0 Å². The van der Waals surface area contributed by atoms with Crippen LogP contribution in [0.4, 0.5) is 0 Å². The molecule has 14 heavy (non-hydrogen) atoms. The average molecular weight is 196 g/mol. The van der Waals surface area contributed by atoms with Crippen LogP contribution in [0.3, 0.4) is 0 Å². The van der Waals surface area contributed by atoms with E-state index in [0.29, 0.717) is 17.5 Å². The maximum absolute atomic E-state index is 6.34. The van der Waals surface area contributed by atoms with Gasteiger partial charge in [-0.3, -0.25) is 4.90 Å². The van der Waals surface area contributed by atoms with Crippen LogP contribution < -0.4 is 5.73 Å². The minimum Gasteiger partial charge on any atom is -0.326 e. The second-order valence-electron chi connectivity index (χ2n) is 6.01. The van der Waals surface area contributed by atoms with Crippen molar-refractivity contribution in [1.29, 1.82) is 0 Å². The van der Waals surface area contributed by atoms with Gasteiger partial charge in [-0.25, -0.2) is 0 Å². The number of nitrogens with two attached hydrogens (primary N) is 1. The van der Waals surface area contributed by atoms with Crippen LogP contribution in [0.1, 0.15) is 40.0 Å². The molecule has 82 valence electrons. The van der Waals surface area contributed by atoms with Gasteiger partial charge in [0.05, 0.1) is 0 Å². The predicted octanol–water partition coefficient (Wildman–Crippen LogP) is 1.84. The molecule has 0 aromatic rings. The van der Waals surface area contributed by atoms with Crippen LogP contribution in [0, 0.1) is 11.3 Å². The fraction of sp³-hybridized carbons (Fsp3) is 1.00. The molecule has 3 unspecified atom stereocenters. The van der Waals surface area contributed by atoms with Gasteiger partial charge in [0, 0.05) is 18.6 Å². The molecule has 2 fully saturated rings. The molecule has 2 rings (SSSR count). The van der Waals surface area contributed by atoms with E-state index in [0.717, 1.165) is 5.92 Å². The van der Waals surface area contributed by atoms with E-state index in [1.807, 2.05) is 0 Å². The molecule has 1 aliphatic carbocycles. The fourth-order valence-electron chi connectivity index (χ4n) is 3.07. The first-order valence-electron chi connectivity index (χ1n) is 6.00. The highest BCUT2D eigenvalue weighted by Crippen LogP contribution is 2.39. The zero-order chi connectivity index (χ0) is 10.3. The Kier molecular flexibility index (Phi) is 2.61. The van der Waals surface area contributed by atoms with E-state index < -0.39 is 0 Å². The van der Waals surface area contributed by atoms with E-state index in [9.17, 15) is 0 Å². The number of hydrogen-bond acceptors (Lipinski definition) is 2. The van der Waals surface area contributed by atoms with Gasteiger partial charge in [0.25, 0.3) is 0 Å². The third-order valence-electron chi connectivity index (χ3n) is 4.33. The molecule has 0 amide bonds. The van der Waals surface area contributed by atoms with E-state index in [2.05, 4.69) is 25.7 Å². The Morgan fingerprint density at radius 1 is 1.29 bits per heavy atom. The molecule has 1 heterocycles. The lowest BCUT2D eigenvalue weighted by molar-refractivity contribution is 0.193. The molecule has 0 aromatic carbocycles. The highest BCUT2D eigenvalue weighted by molar-refractivity contribution is 5.00. The summed E-state index contributed by atoms with van der Waals surface area (Å²) in [4.78, 5) is 2.63.